The molecule has 2 amide bonds. The van der Waals surface area contributed by atoms with E-state index < -0.39 is 17.4 Å². The Labute approximate surface area is 153 Å². The summed E-state index contributed by atoms with van der Waals surface area (Å²) in [5.74, 6) is -1.54. The lowest BCUT2D eigenvalue weighted by atomic mass is 10.2. The summed E-state index contributed by atoms with van der Waals surface area (Å²) in [5, 5.41) is 5.71. The van der Waals surface area contributed by atoms with Gasteiger partial charge in [0.2, 0.25) is 0 Å². The number of hydrogen-bond donors (Lipinski definition) is 3. The molecule has 3 rings (SSSR count). The predicted octanol–water partition coefficient (Wildman–Crippen LogP) is 1.39. The highest BCUT2D eigenvalue weighted by Crippen LogP contribution is 2.21. The summed E-state index contributed by atoms with van der Waals surface area (Å²) in [7, 11) is 0. The predicted molar refractivity (Wildman–Crippen MR) is 95.0 cm³/mol. The maximum absolute atomic E-state index is 13.1. The molecule has 27 heavy (non-hydrogen) atoms. The zero-order valence-corrected chi connectivity index (χ0v) is 14.5. The number of H-pyrrole nitrogens is 1. The van der Waals surface area contributed by atoms with Crippen molar-refractivity contribution in [2.45, 2.75) is 13.8 Å². The molecule has 0 aliphatic carbocycles. The third-order valence-electron chi connectivity index (χ3n) is 3.96. The summed E-state index contributed by atoms with van der Waals surface area (Å²) in [6.07, 6.45) is 0. The lowest BCUT2D eigenvalue weighted by Gasteiger charge is -2.10. The zero-order valence-electron chi connectivity index (χ0n) is 14.5. The normalized spacial score (nSPS) is 10.5. The van der Waals surface area contributed by atoms with E-state index in [0.29, 0.717) is 16.9 Å². The van der Waals surface area contributed by atoms with Gasteiger partial charge < -0.3 is 4.57 Å². The summed E-state index contributed by atoms with van der Waals surface area (Å²) in [6, 6.07) is 9.96. The van der Waals surface area contributed by atoms with Crippen LogP contribution in [0.25, 0.3) is 5.69 Å². The molecule has 3 aromatic rings. The van der Waals surface area contributed by atoms with Gasteiger partial charge in [-0.05, 0) is 50.2 Å². The van der Waals surface area contributed by atoms with Gasteiger partial charge in [0.25, 0.3) is 17.4 Å². The van der Waals surface area contributed by atoms with Crippen LogP contribution in [0.3, 0.4) is 0 Å². The molecule has 0 aliphatic rings. The van der Waals surface area contributed by atoms with Crippen molar-refractivity contribution >= 4 is 11.8 Å². The van der Waals surface area contributed by atoms with E-state index in [-0.39, 0.29) is 11.5 Å². The fourth-order valence-corrected chi connectivity index (χ4v) is 2.70. The summed E-state index contributed by atoms with van der Waals surface area (Å²) >= 11 is 0. The number of carbonyl (C=O) groups is 2. The smallest absolute Gasteiger partial charge is 0.290 e. The minimum atomic E-state index is -0.674. The van der Waals surface area contributed by atoms with Gasteiger partial charge in [-0.25, -0.2) is 9.49 Å². The quantitative estimate of drug-likeness (QED) is 0.606. The van der Waals surface area contributed by atoms with E-state index >= 15 is 0 Å². The van der Waals surface area contributed by atoms with Gasteiger partial charge in [0.05, 0.1) is 5.56 Å². The van der Waals surface area contributed by atoms with Crippen LogP contribution in [0.1, 0.15) is 32.2 Å². The molecule has 0 bridgehead atoms. The molecule has 138 valence electrons. The van der Waals surface area contributed by atoms with Crippen LogP contribution in [0.5, 0.6) is 0 Å². The van der Waals surface area contributed by atoms with Crippen molar-refractivity contribution in [2.24, 2.45) is 0 Å². The van der Waals surface area contributed by atoms with Crippen molar-refractivity contribution < 1.29 is 14.0 Å². The van der Waals surface area contributed by atoms with E-state index in [1.165, 1.54) is 18.2 Å². The van der Waals surface area contributed by atoms with E-state index in [9.17, 15) is 18.8 Å². The molecule has 0 saturated heterocycles. The lowest BCUT2D eigenvalue weighted by Crippen LogP contribution is -2.42. The largest absolute Gasteiger partial charge is 0.318 e. The van der Waals surface area contributed by atoms with E-state index in [1.807, 2.05) is 6.92 Å². The number of nitrogens with zero attached hydrogens (tertiary/aromatic N) is 2. The molecule has 3 N–H and O–H groups in total. The van der Waals surface area contributed by atoms with Crippen molar-refractivity contribution in [3.05, 3.63) is 81.3 Å². The average Bonchev–Trinajstić information content (AvgIpc) is 2.95. The van der Waals surface area contributed by atoms with Gasteiger partial charge in [-0.3, -0.25) is 25.2 Å². The molecule has 0 unspecified atom stereocenters. The Kier molecular flexibility index (Phi) is 4.84. The number of halogens is 1. The number of aromatic nitrogens is 3. The summed E-state index contributed by atoms with van der Waals surface area (Å²) in [6.45, 7) is 3.56. The number of carbonyl (C=O) groups excluding carboxylic acids is 2. The van der Waals surface area contributed by atoms with E-state index in [0.717, 1.165) is 11.8 Å². The number of hydrogen-bond acceptors (Lipinski definition) is 4. The Morgan fingerprint density at radius 3 is 2.33 bits per heavy atom. The molecule has 0 atom stereocenters. The van der Waals surface area contributed by atoms with Gasteiger partial charge >= 0.3 is 0 Å². The van der Waals surface area contributed by atoms with E-state index in [1.54, 1.807) is 29.7 Å². The van der Waals surface area contributed by atoms with Gasteiger partial charge in [-0.1, -0.05) is 0 Å². The Hall–Kier alpha value is -3.75. The summed E-state index contributed by atoms with van der Waals surface area (Å²) in [4.78, 5) is 35.3. The van der Waals surface area contributed by atoms with Gasteiger partial charge in [0.1, 0.15) is 5.82 Å². The molecule has 0 spiro atoms. The van der Waals surface area contributed by atoms with E-state index in [4.69, 9.17) is 0 Å². The highest BCUT2D eigenvalue weighted by molar-refractivity contribution is 5.99. The molecule has 8 nitrogen and oxygen atoms in total. The molecule has 0 aliphatic heterocycles. The van der Waals surface area contributed by atoms with Crippen molar-refractivity contribution in [1.29, 1.82) is 0 Å². The second kappa shape index (κ2) is 7.24. The lowest BCUT2D eigenvalue weighted by molar-refractivity contribution is 0.0843. The highest BCUT2D eigenvalue weighted by Gasteiger charge is 2.18. The summed E-state index contributed by atoms with van der Waals surface area (Å²) in [5.41, 5.74) is 6.53. The maximum Gasteiger partial charge on any atom is 0.290 e. The van der Waals surface area contributed by atoms with Crippen molar-refractivity contribution in [1.82, 2.24) is 25.6 Å². The highest BCUT2D eigenvalue weighted by atomic mass is 19.1. The van der Waals surface area contributed by atoms with Gasteiger partial charge in [0, 0.05) is 23.1 Å². The van der Waals surface area contributed by atoms with Crippen LogP contribution in [0.2, 0.25) is 0 Å². The van der Waals surface area contributed by atoms with Gasteiger partial charge in [-0.15, -0.1) is 0 Å². The molecule has 2 aromatic heterocycles. The van der Waals surface area contributed by atoms with Crippen LogP contribution in [0.15, 0.2) is 47.3 Å². The molecule has 0 fully saturated rings. The zero-order chi connectivity index (χ0) is 19.6. The first kappa shape index (κ1) is 18.1. The third-order valence-corrected chi connectivity index (χ3v) is 3.96. The van der Waals surface area contributed by atoms with Crippen LogP contribution in [0, 0.1) is 19.7 Å². The Balaban J connectivity index is 1.76. The number of aryl methyl sites for hydroxylation is 1. The molecule has 2 heterocycles. The van der Waals surface area contributed by atoms with Crippen LogP contribution in [-0.4, -0.2) is 26.6 Å². The molecule has 0 radical (unpaired) electrons. The minimum absolute atomic E-state index is 0.0494. The SMILES string of the molecule is Cc1cc(C(=O)NNC(=O)c2ccc(=O)[nH]n2)c(C)n1-c1ccc(F)cc1. The second-order valence-corrected chi connectivity index (χ2v) is 5.81. The van der Waals surface area contributed by atoms with Crippen LogP contribution in [0.4, 0.5) is 4.39 Å². The van der Waals surface area contributed by atoms with Crippen molar-refractivity contribution in [3.8, 4) is 5.69 Å². The van der Waals surface area contributed by atoms with Gasteiger partial charge in [0.15, 0.2) is 5.69 Å². The Morgan fingerprint density at radius 2 is 1.70 bits per heavy atom. The number of benzene rings is 1. The number of aromatic amines is 1. The van der Waals surface area contributed by atoms with Gasteiger partial charge in [-0.2, -0.15) is 5.10 Å². The fraction of sp³-hybridized carbons (Fsp3) is 0.111. The summed E-state index contributed by atoms with van der Waals surface area (Å²) < 4.78 is 14.9. The Morgan fingerprint density at radius 1 is 1.04 bits per heavy atom. The monoisotopic (exact) mass is 369 g/mol. The second-order valence-electron chi connectivity index (χ2n) is 5.81. The standard InChI is InChI=1S/C18H16FN5O3/c1-10-9-14(11(2)24(10)13-5-3-12(19)4-6-13)17(26)22-23-18(27)15-7-8-16(25)21-20-15/h3-9H,1-2H3,(H,21,25)(H,22,26)(H,23,27). The van der Waals surface area contributed by atoms with Crippen molar-refractivity contribution in [3.63, 3.8) is 0 Å². The maximum atomic E-state index is 13.1. The first-order valence-corrected chi connectivity index (χ1v) is 7.98. The number of nitrogens with one attached hydrogen (secondary N) is 3. The van der Waals surface area contributed by atoms with Crippen LogP contribution >= 0.6 is 0 Å². The minimum Gasteiger partial charge on any atom is -0.318 e. The number of rotatable bonds is 3. The number of hydrazine groups is 1. The van der Waals surface area contributed by atoms with Crippen LogP contribution in [-0.2, 0) is 0 Å². The average molecular weight is 369 g/mol. The Bertz CT molecular complexity index is 1050. The van der Waals surface area contributed by atoms with Crippen LogP contribution < -0.4 is 16.4 Å². The third kappa shape index (κ3) is 3.76. The first-order chi connectivity index (χ1) is 12.9. The molecule has 0 saturated carbocycles. The molecule has 1 aromatic carbocycles. The topological polar surface area (TPSA) is 109 Å². The first-order valence-electron chi connectivity index (χ1n) is 7.98. The number of amides is 2. The molecular formula is C18H16FN5O3. The molecular weight excluding hydrogens is 353 g/mol. The van der Waals surface area contributed by atoms with Crippen molar-refractivity contribution in [2.75, 3.05) is 0 Å². The molecule has 9 heteroatoms. The van der Waals surface area contributed by atoms with E-state index in [2.05, 4.69) is 21.0 Å². The fourth-order valence-electron chi connectivity index (χ4n) is 2.70.